The lowest BCUT2D eigenvalue weighted by Crippen LogP contribution is -2.44. The number of rotatable bonds is 19. The quantitative estimate of drug-likeness (QED) is 0.181. The molecule has 0 aromatic heterocycles. The molecule has 0 saturated carbocycles. The lowest BCUT2D eigenvalue weighted by Gasteiger charge is -2.31. The number of hydrogen-bond donors (Lipinski definition) is 4. The van der Waals surface area contributed by atoms with E-state index in [1.165, 1.54) is 0 Å². The predicted octanol–water partition coefficient (Wildman–Crippen LogP) is 0.362. The van der Waals surface area contributed by atoms with Gasteiger partial charge in [0, 0.05) is 32.7 Å². The maximum atomic E-state index is 13.4. The van der Waals surface area contributed by atoms with E-state index in [2.05, 4.69) is 0 Å². The summed E-state index contributed by atoms with van der Waals surface area (Å²) < 4.78 is 35.0. The van der Waals surface area contributed by atoms with Gasteiger partial charge in [-0.25, -0.2) is 4.39 Å². The van der Waals surface area contributed by atoms with Crippen LogP contribution in [0.4, 0.5) is 4.39 Å². The fourth-order valence-corrected chi connectivity index (χ4v) is 2.19. The molecule has 5 N–H and O–H groups in total. The first kappa shape index (κ1) is 26.6. The van der Waals surface area contributed by atoms with Crippen molar-refractivity contribution in [2.24, 2.45) is 5.73 Å². The van der Waals surface area contributed by atoms with Gasteiger partial charge in [0.2, 0.25) is 0 Å². The summed E-state index contributed by atoms with van der Waals surface area (Å²) in [5.74, 6) is 0. The fourth-order valence-electron chi connectivity index (χ4n) is 2.19. The number of hydrogen-bond acceptors (Lipinski definition) is 8. The Morgan fingerprint density at radius 3 is 2.19 bits per heavy atom. The highest BCUT2D eigenvalue weighted by Gasteiger charge is 2.28. The molecule has 3 unspecified atom stereocenters. The lowest BCUT2D eigenvalue weighted by atomic mass is 10.0. The number of nitrogens with two attached hydrogens (primary N) is 1. The standard InChI is InChI=1S/C18H38FNO7/c1-3-18(20,5-8-22)27-10-6-17(2,15-19)26-12-11-25-14-16(23)13-24-9-4-7-21/h16,21-23H,3-15,20H2,1-2H3. The highest BCUT2D eigenvalue weighted by Crippen LogP contribution is 2.20. The minimum Gasteiger partial charge on any atom is -0.396 e. The first-order chi connectivity index (χ1) is 12.8. The number of alkyl halides is 1. The van der Waals surface area contributed by atoms with Gasteiger partial charge in [0.1, 0.15) is 18.5 Å². The van der Waals surface area contributed by atoms with E-state index in [-0.39, 0.29) is 46.2 Å². The van der Waals surface area contributed by atoms with Crippen LogP contribution in [0.2, 0.25) is 0 Å². The second-order valence-corrected chi connectivity index (χ2v) is 6.80. The van der Waals surface area contributed by atoms with Gasteiger partial charge in [-0.15, -0.1) is 0 Å². The van der Waals surface area contributed by atoms with Crippen molar-refractivity contribution >= 4 is 0 Å². The topological polar surface area (TPSA) is 124 Å². The van der Waals surface area contributed by atoms with Crippen LogP contribution in [0.25, 0.3) is 0 Å². The summed E-state index contributed by atoms with van der Waals surface area (Å²) in [4.78, 5) is 0. The van der Waals surface area contributed by atoms with E-state index in [1.54, 1.807) is 6.92 Å². The monoisotopic (exact) mass is 399 g/mol. The molecule has 0 fully saturated rings. The third-order valence-electron chi connectivity index (χ3n) is 4.18. The Morgan fingerprint density at radius 2 is 1.63 bits per heavy atom. The van der Waals surface area contributed by atoms with Gasteiger partial charge in [0.25, 0.3) is 0 Å². The van der Waals surface area contributed by atoms with Crippen molar-refractivity contribution in [3.63, 3.8) is 0 Å². The molecule has 0 aromatic carbocycles. The number of ether oxygens (including phenoxy) is 4. The Hall–Kier alpha value is -0.390. The van der Waals surface area contributed by atoms with Crippen LogP contribution in [-0.4, -0.2) is 92.3 Å². The molecule has 0 aliphatic heterocycles. The molecule has 0 saturated heterocycles. The maximum absolute atomic E-state index is 13.4. The molecular weight excluding hydrogens is 361 g/mol. The predicted molar refractivity (Wildman–Crippen MR) is 99.2 cm³/mol. The van der Waals surface area contributed by atoms with E-state index in [4.69, 9.17) is 34.9 Å². The normalized spacial score (nSPS) is 17.4. The van der Waals surface area contributed by atoms with Crippen molar-refractivity contribution in [1.29, 1.82) is 0 Å². The molecule has 0 bridgehead atoms. The molecule has 0 spiro atoms. The molecule has 164 valence electrons. The molecule has 9 heteroatoms. The Bertz CT molecular complexity index is 354. The molecule has 0 aliphatic carbocycles. The molecule has 0 aliphatic rings. The zero-order valence-electron chi connectivity index (χ0n) is 16.7. The summed E-state index contributed by atoms with van der Waals surface area (Å²) in [6, 6.07) is 0. The summed E-state index contributed by atoms with van der Waals surface area (Å²) in [6.07, 6.45) is 0.936. The smallest absolute Gasteiger partial charge is 0.118 e. The van der Waals surface area contributed by atoms with Crippen LogP contribution < -0.4 is 5.73 Å². The SMILES string of the molecule is CCC(N)(CCO)OCCC(C)(CF)OCCOCC(O)COCCCO. The number of aliphatic hydroxyl groups excluding tert-OH is 3. The fraction of sp³-hybridized carbons (Fsp3) is 1.00. The molecule has 8 nitrogen and oxygen atoms in total. The van der Waals surface area contributed by atoms with E-state index in [0.29, 0.717) is 32.3 Å². The minimum absolute atomic E-state index is 0.0501. The molecule has 0 amide bonds. The van der Waals surface area contributed by atoms with E-state index in [1.807, 2.05) is 6.92 Å². The van der Waals surface area contributed by atoms with Crippen LogP contribution >= 0.6 is 0 Å². The average molecular weight is 400 g/mol. The first-order valence-electron chi connectivity index (χ1n) is 9.52. The van der Waals surface area contributed by atoms with Gasteiger partial charge < -0.3 is 40.0 Å². The van der Waals surface area contributed by atoms with Gasteiger partial charge >= 0.3 is 0 Å². The summed E-state index contributed by atoms with van der Waals surface area (Å²) in [7, 11) is 0. The molecule has 3 atom stereocenters. The van der Waals surface area contributed by atoms with Gasteiger partial charge in [0.15, 0.2) is 0 Å². The van der Waals surface area contributed by atoms with Crippen molar-refractivity contribution in [3.05, 3.63) is 0 Å². The first-order valence-corrected chi connectivity index (χ1v) is 9.52. The zero-order valence-corrected chi connectivity index (χ0v) is 16.7. The van der Waals surface area contributed by atoms with Crippen LogP contribution in [-0.2, 0) is 18.9 Å². The van der Waals surface area contributed by atoms with Gasteiger partial charge in [-0.3, -0.25) is 0 Å². The van der Waals surface area contributed by atoms with E-state index in [9.17, 15) is 9.50 Å². The number of aliphatic hydroxyl groups is 3. The molecule has 0 aromatic rings. The van der Waals surface area contributed by atoms with Gasteiger partial charge in [-0.1, -0.05) is 6.92 Å². The third kappa shape index (κ3) is 13.4. The van der Waals surface area contributed by atoms with Crippen molar-refractivity contribution in [2.75, 3.05) is 59.5 Å². The summed E-state index contributed by atoms with van der Waals surface area (Å²) >= 11 is 0. The Morgan fingerprint density at radius 1 is 0.963 bits per heavy atom. The molecule has 27 heavy (non-hydrogen) atoms. The molecule has 0 rings (SSSR count). The van der Waals surface area contributed by atoms with E-state index >= 15 is 0 Å². The Labute approximate surface area is 161 Å². The van der Waals surface area contributed by atoms with Gasteiger partial charge in [-0.05, 0) is 19.8 Å². The number of halogens is 1. The molecule has 0 radical (unpaired) electrons. The van der Waals surface area contributed by atoms with Gasteiger partial charge in [0.05, 0.1) is 38.6 Å². The lowest BCUT2D eigenvalue weighted by molar-refractivity contribution is -0.114. The molecule has 0 heterocycles. The van der Waals surface area contributed by atoms with Crippen LogP contribution in [0.1, 0.15) is 39.5 Å². The average Bonchev–Trinajstić information content (AvgIpc) is 2.65. The Balaban J connectivity index is 3.94. The second kappa shape index (κ2) is 15.5. The summed E-state index contributed by atoms with van der Waals surface area (Å²) in [6.45, 7) is 4.02. The van der Waals surface area contributed by atoms with Crippen LogP contribution in [0.3, 0.4) is 0 Å². The Kier molecular flexibility index (Phi) is 15.3. The largest absolute Gasteiger partial charge is 0.396 e. The highest BCUT2D eigenvalue weighted by atomic mass is 19.1. The highest BCUT2D eigenvalue weighted by molar-refractivity contribution is 4.76. The second-order valence-electron chi connectivity index (χ2n) is 6.80. The van der Waals surface area contributed by atoms with E-state index in [0.717, 1.165) is 0 Å². The third-order valence-corrected chi connectivity index (χ3v) is 4.18. The minimum atomic E-state index is -1.01. The zero-order chi connectivity index (χ0) is 20.6. The summed E-state index contributed by atoms with van der Waals surface area (Å²) in [5, 5.41) is 27.3. The van der Waals surface area contributed by atoms with E-state index < -0.39 is 24.1 Å². The van der Waals surface area contributed by atoms with Crippen LogP contribution in [0.15, 0.2) is 0 Å². The van der Waals surface area contributed by atoms with Crippen molar-refractivity contribution < 1.29 is 38.7 Å². The van der Waals surface area contributed by atoms with Crippen molar-refractivity contribution in [2.45, 2.75) is 57.0 Å². The van der Waals surface area contributed by atoms with Crippen molar-refractivity contribution in [1.82, 2.24) is 0 Å². The van der Waals surface area contributed by atoms with Crippen molar-refractivity contribution in [3.8, 4) is 0 Å². The maximum Gasteiger partial charge on any atom is 0.118 e. The van der Waals surface area contributed by atoms with Crippen LogP contribution in [0, 0.1) is 0 Å². The molecular formula is C18H38FNO7. The van der Waals surface area contributed by atoms with Crippen LogP contribution in [0.5, 0.6) is 0 Å². The summed E-state index contributed by atoms with van der Waals surface area (Å²) in [5.41, 5.74) is 4.09. The van der Waals surface area contributed by atoms with Gasteiger partial charge in [-0.2, -0.15) is 0 Å².